The molecule has 0 spiro atoms. The van der Waals surface area contributed by atoms with Gasteiger partial charge in [0, 0.05) is 26.7 Å². The van der Waals surface area contributed by atoms with Gasteiger partial charge in [-0.25, -0.2) is 0 Å². The van der Waals surface area contributed by atoms with E-state index in [4.69, 9.17) is 11.6 Å². The summed E-state index contributed by atoms with van der Waals surface area (Å²) in [5.74, 6) is -0.580. The van der Waals surface area contributed by atoms with E-state index >= 15 is 0 Å². The highest BCUT2D eigenvalue weighted by molar-refractivity contribution is 8.00. The second-order valence-corrected chi connectivity index (χ2v) is 11.0. The molecule has 5 aromatic carbocycles. The molecule has 5 aromatic rings. The molecule has 2 N–H and O–H groups in total. The van der Waals surface area contributed by atoms with Gasteiger partial charge in [0.05, 0.1) is 5.75 Å². The maximum absolute atomic E-state index is 13.4. The first-order valence-corrected chi connectivity index (χ1v) is 14.9. The average molecular weight is 603 g/mol. The Bertz CT molecular complexity index is 1740. The molecule has 0 radical (unpaired) electrons. The molecule has 212 valence electrons. The molecule has 0 bridgehead atoms. The molecule has 0 unspecified atom stereocenters. The summed E-state index contributed by atoms with van der Waals surface area (Å²) in [6.07, 6.45) is 1.65. The first-order chi connectivity index (χ1) is 20.9. The third-order valence-corrected chi connectivity index (χ3v) is 7.77. The quantitative estimate of drug-likeness (QED) is 0.0956. The lowest BCUT2D eigenvalue weighted by Crippen LogP contribution is -2.30. The van der Waals surface area contributed by atoms with E-state index in [-0.39, 0.29) is 23.1 Å². The third-order valence-electron chi connectivity index (χ3n) is 6.51. The number of rotatable bonds is 10. The van der Waals surface area contributed by atoms with Crippen molar-refractivity contribution >= 4 is 52.7 Å². The molecule has 0 saturated heterocycles. The van der Waals surface area contributed by atoms with Crippen LogP contribution in [0, 0.1) is 0 Å². The SMILES string of the molecule is O=C(Nc1ccc(SCC(=O)c2ccc(Cl)cc2)cc1)/C(=C/c1ccc(-c2ccccc2)cc1)NC(=O)c1ccccc1. The van der Waals surface area contributed by atoms with Crippen LogP contribution >= 0.6 is 23.4 Å². The van der Waals surface area contributed by atoms with E-state index in [1.165, 1.54) is 11.8 Å². The van der Waals surface area contributed by atoms with Crippen LogP contribution in [0.2, 0.25) is 5.02 Å². The predicted molar refractivity (Wildman–Crippen MR) is 175 cm³/mol. The summed E-state index contributed by atoms with van der Waals surface area (Å²) in [6, 6.07) is 40.5. The van der Waals surface area contributed by atoms with Crippen molar-refractivity contribution in [3.05, 3.63) is 161 Å². The molecule has 0 aliphatic rings. The van der Waals surface area contributed by atoms with E-state index in [0.717, 1.165) is 21.6 Å². The summed E-state index contributed by atoms with van der Waals surface area (Å²) in [5.41, 5.74) is 4.60. The molecule has 0 aliphatic carbocycles. The summed E-state index contributed by atoms with van der Waals surface area (Å²) < 4.78 is 0. The van der Waals surface area contributed by atoms with Crippen LogP contribution in [0.1, 0.15) is 26.3 Å². The number of hydrogen-bond donors (Lipinski definition) is 2. The van der Waals surface area contributed by atoms with Crippen LogP contribution in [0.5, 0.6) is 0 Å². The van der Waals surface area contributed by atoms with Crippen molar-refractivity contribution in [2.45, 2.75) is 4.90 Å². The zero-order valence-corrected chi connectivity index (χ0v) is 24.6. The lowest BCUT2D eigenvalue weighted by atomic mass is 10.0. The van der Waals surface area contributed by atoms with Crippen molar-refractivity contribution in [1.82, 2.24) is 5.32 Å². The number of carbonyl (C=O) groups excluding carboxylic acids is 3. The Hall–Kier alpha value is -4.91. The highest BCUT2D eigenvalue weighted by Crippen LogP contribution is 2.23. The number of nitrogens with one attached hydrogen (secondary N) is 2. The van der Waals surface area contributed by atoms with Crippen LogP contribution < -0.4 is 10.6 Å². The van der Waals surface area contributed by atoms with Gasteiger partial charge in [0.1, 0.15) is 5.70 Å². The van der Waals surface area contributed by atoms with Gasteiger partial charge in [0.2, 0.25) is 0 Å². The number of amides is 2. The molecule has 0 atom stereocenters. The molecule has 0 heterocycles. The Morgan fingerprint density at radius 2 is 1.26 bits per heavy atom. The third kappa shape index (κ3) is 8.32. The minimum Gasteiger partial charge on any atom is -0.321 e. The first-order valence-electron chi connectivity index (χ1n) is 13.5. The van der Waals surface area contributed by atoms with Gasteiger partial charge in [-0.15, -0.1) is 11.8 Å². The fraction of sp³-hybridized carbons (Fsp3) is 0.0278. The van der Waals surface area contributed by atoms with Gasteiger partial charge in [-0.1, -0.05) is 84.4 Å². The maximum atomic E-state index is 13.4. The molecule has 5 nitrogen and oxygen atoms in total. The van der Waals surface area contributed by atoms with E-state index in [9.17, 15) is 14.4 Å². The summed E-state index contributed by atoms with van der Waals surface area (Å²) in [4.78, 5) is 39.7. The zero-order valence-electron chi connectivity index (χ0n) is 23.0. The largest absolute Gasteiger partial charge is 0.321 e. The van der Waals surface area contributed by atoms with E-state index in [0.29, 0.717) is 21.8 Å². The van der Waals surface area contributed by atoms with Crippen molar-refractivity contribution in [2.24, 2.45) is 0 Å². The number of halogens is 1. The van der Waals surface area contributed by atoms with Crippen molar-refractivity contribution in [2.75, 3.05) is 11.1 Å². The minimum atomic E-state index is -0.463. The van der Waals surface area contributed by atoms with Gasteiger partial charge in [-0.05, 0) is 83.4 Å². The Labute approximate surface area is 259 Å². The second kappa shape index (κ2) is 14.3. The van der Waals surface area contributed by atoms with Crippen LogP contribution in [-0.2, 0) is 4.79 Å². The van der Waals surface area contributed by atoms with E-state index in [2.05, 4.69) is 10.6 Å². The van der Waals surface area contributed by atoms with Crippen molar-refractivity contribution < 1.29 is 14.4 Å². The number of hydrogen-bond acceptors (Lipinski definition) is 4. The topological polar surface area (TPSA) is 75.3 Å². The number of benzene rings is 5. The minimum absolute atomic E-state index is 0.000200. The van der Waals surface area contributed by atoms with E-state index < -0.39 is 5.91 Å². The van der Waals surface area contributed by atoms with Gasteiger partial charge >= 0.3 is 0 Å². The van der Waals surface area contributed by atoms with Crippen LogP contribution in [-0.4, -0.2) is 23.4 Å². The highest BCUT2D eigenvalue weighted by Gasteiger charge is 2.15. The number of carbonyl (C=O) groups is 3. The number of thioether (sulfide) groups is 1. The lowest BCUT2D eigenvalue weighted by Gasteiger charge is -2.12. The van der Waals surface area contributed by atoms with Gasteiger partial charge < -0.3 is 10.6 Å². The fourth-order valence-corrected chi connectivity index (χ4v) is 5.13. The molecular weight excluding hydrogens is 576 g/mol. The molecule has 0 aromatic heterocycles. The average Bonchev–Trinajstić information content (AvgIpc) is 3.05. The van der Waals surface area contributed by atoms with Gasteiger partial charge in [0.15, 0.2) is 5.78 Å². The monoisotopic (exact) mass is 602 g/mol. The Kier molecular flexibility index (Phi) is 9.85. The normalized spacial score (nSPS) is 11.0. The van der Waals surface area contributed by atoms with Crippen molar-refractivity contribution in [3.8, 4) is 11.1 Å². The van der Waals surface area contributed by atoms with Crippen LogP contribution in [0.4, 0.5) is 5.69 Å². The smallest absolute Gasteiger partial charge is 0.272 e. The maximum Gasteiger partial charge on any atom is 0.272 e. The lowest BCUT2D eigenvalue weighted by molar-refractivity contribution is -0.113. The molecule has 43 heavy (non-hydrogen) atoms. The summed E-state index contributed by atoms with van der Waals surface area (Å²) >= 11 is 7.31. The van der Waals surface area contributed by atoms with Crippen LogP contribution in [0.3, 0.4) is 0 Å². The molecule has 2 amide bonds. The summed E-state index contributed by atoms with van der Waals surface area (Å²) in [6.45, 7) is 0. The Balaban J connectivity index is 1.29. The van der Waals surface area contributed by atoms with Crippen molar-refractivity contribution in [3.63, 3.8) is 0 Å². The predicted octanol–water partition coefficient (Wildman–Crippen LogP) is 8.39. The van der Waals surface area contributed by atoms with Gasteiger partial charge in [0.25, 0.3) is 11.8 Å². The molecule has 5 rings (SSSR count). The molecule has 7 heteroatoms. The molecule has 0 fully saturated rings. The fourth-order valence-electron chi connectivity index (χ4n) is 4.21. The summed E-state index contributed by atoms with van der Waals surface area (Å²) in [7, 11) is 0. The van der Waals surface area contributed by atoms with E-state index in [1.807, 2.05) is 72.8 Å². The van der Waals surface area contributed by atoms with E-state index in [1.54, 1.807) is 66.7 Å². The Morgan fingerprint density at radius 1 is 0.651 bits per heavy atom. The first kappa shape index (κ1) is 29.6. The number of ketones is 1. The van der Waals surface area contributed by atoms with Gasteiger partial charge in [-0.3, -0.25) is 14.4 Å². The summed E-state index contributed by atoms with van der Waals surface area (Å²) in [5, 5.41) is 6.22. The van der Waals surface area contributed by atoms with Crippen LogP contribution in [0.15, 0.2) is 144 Å². The standard InChI is InChI=1S/C36H27ClN2O3S/c37-30-17-15-28(16-18-30)34(40)24-43-32-21-19-31(20-22-32)38-36(42)33(39-35(41)29-9-5-2-6-10-29)23-25-11-13-27(14-12-25)26-7-3-1-4-8-26/h1-23H,24H2,(H,38,42)(H,39,41)/b33-23-. The van der Waals surface area contributed by atoms with Crippen molar-refractivity contribution in [1.29, 1.82) is 0 Å². The number of anilines is 1. The number of Topliss-reactive ketones (excluding diaryl/α,β-unsaturated/α-hetero) is 1. The molecular formula is C36H27ClN2O3S. The van der Waals surface area contributed by atoms with Gasteiger partial charge in [-0.2, -0.15) is 0 Å². The molecule has 0 aliphatic heterocycles. The Morgan fingerprint density at radius 3 is 1.91 bits per heavy atom. The molecule has 0 saturated carbocycles. The van der Waals surface area contributed by atoms with Crippen LogP contribution in [0.25, 0.3) is 17.2 Å². The highest BCUT2D eigenvalue weighted by atomic mass is 35.5. The zero-order chi connectivity index (χ0) is 30.0. The second-order valence-electron chi connectivity index (χ2n) is 9.56.